The second-order valence-corrected chi connectivity index (χ2v) is 9.53. The summed E-state index contributed by atoms with van der Waals surface area (Å²) in [5, 5.41) is 7.90. The number of carbonyl (C=O) groups excluding carboxylic acids is 2. The lowest BCUT2D eigenvalue weighted by Crippen LogP contribution is -2.32. The quantitative estimate of drug-likeness (QED) is 0.597. The van der Waals surface area contributed by atoms with Crippen LogP contribution in [0.1, 0.15) is 55.0 Å². The summed E-state index contributed by atoms with van der Waals surface area (Å²) in [6, 6.07) is 12.4. The van der Waals surface area contributed by atoms with Crippen molar-refractivity contribution in [2.75, 3.05) is 11.4 Å². The zero-order valence-corrected chi connectivity index (χ0v) is 19.8. The van der Waals surface area contributed by atoms with Gasteiger partial charge in [0.05, 0.1) is 29.9 Å². The molecular weight excluding hydrogens is 426 g/mol. The third kappa shape index (κ3) is 4.47. The molecule has 1 unspecified atom stereocenters. The van der Waals surface area contributed by atoms with Crippen LogP contribution in [0.25, 0.3) is 11.3 Å². The Kier molecular flexibility index (Phi) is 6.18. The van der Waals surface area contributed by atoms with Gasteiger partial charge in [0.25, 0.3) is 0 Å². The molecule has 7 nitrogen and oxygen atoms in total. The average Bonchev–Trinajstić information content (AvgIpc) is 3.59. The fraction of sp³-hybridized carbons (Fsp3) is 0.407. The van der Waals surface area contributed by atoms with E-state index >= 15 is 0 Å². The highest BCUT2D eigenvalue weighted by molar-refractivity contribution is 6.00. The molecule has 2 fully saturated rings. The highest BCUT2D eigenvalue weighted by atomic mass is 16.2. The molecule has 2 amide bonds. The van der Waals surface area contributed by atoms with Crippen molar-refractivity contribution in [3.8, 4) is 11.3 Å². The molecule has 0 spiro atoms. The van der Waals surface area contributed by atoms with Crippen molar-refractivity contribution < 1.29 is 9.59 Å². The maximum atomic E-state index is 12.9. The first kappa shape index (κ1) is 22.3. The number of hydrogen-bond acceptors (Lipinski definition) is 4. The van der Waals surface area contributed by atoms with E-state index in [9.17, 15) is 9.59 Å². The van der Waals surface area contributed by atoms with Crippen LogP contribution in [0.5, 0.6) is 0 Å². The van der Waals surface area contributed by atoms with Crippen LogP contribution < -0.4 is 10.2 Å². The molecule has 1 aliphatic carbocycles. The molecule has 1 saturated carbocycles. The molecule has 7 heteroatoms. The Labute approximate surface area is 200 Å². The van der Waals surface area contributed by atoms with Gasteiger partial charge >= 0.3 is 0 Å². The topological polar surface area (TPSA) is 80.1 Å². The first-order valence-electron chi connectivity index (χ1n) is 12.1. The van der Waals surface area contributed by atoms with Crippen molar-refractivity contribution in [3.63, 3.8) is 0 Å². The second kappa shape index (κ2) is 9.41. The number of nitrogens with one attached hydrogen (secondary N) is 1. The number of nitrogens with zero attached hydrogens (tertiary/aromatic N) is 4. The summed E-state index contributed by atoms with van der Waals surface area (Å²) in [6.45, 7) is 4.85. The fourth-order valence-corrected chi connectivity index (χ4v) is 5.05. The maximum absolute atomic E-state index is 12.9. The predicted molar refractivity (Wildman–Crippen MR) is 131 cm³/mol. The SMILES string of the molecule is Cc1ccc(N2CC(C(=O)NCc3cc(-c4ccncc4)n(C4CCCC4)n3)CC2=O)cc1C. The Hall–Kier alpha value is -3.48. The van der Waals surface area contributed by atoms with Crippen molar-refractivity contribution in [2.45, 2.75) is 58.5 Å². The van der Waals surface area contributed by atoms with E-state index in [1.165, 1.54) is 18.4 Å². The molecule has 3 aromatic rings. The number of benzene rings is 1. The molecule has 1 aliphatic heterocycles. The van der Waals surface area contributed by atoms with Gasteiger partial charge in [-0.3, -0.25) is 19.3 Å². The smallest absolute Gasteiger partial charge is 0.227 e. The lowest BCUT2D eigenvalue weighted by molar-refractivity contribution is -0.126. The van der Waals surface area contributed by atoms with Gasteiger partial charge in [0, 0.05) is 36.6 Å². The minimum Gasteiger partial charge on any atom is -0.350 e. The summed E-state index contributed by atoms with van der Waals surface area (Å²) in [5.41, 5.74) is 6.17. The highest BCUT2D eigenvalue weighted by Gasteiger charge is 2.35. The molecule has 1 atom stereocenters. The molecule has 3 heterocycles. The maximum Gasteiger partial charge on any atom is 0.227 e. The van der Waals surface area contributed by atoms with E-state index in [1.807, 2.05) is 37.3 Å². The van der Waals surface area contributed by atoms with Gasteiger partial charge in [-0.25, -0.2) is 0 Å². The molecule has 2 aromatic heterocycles. The lowest BCUT2D eigenvalue weighted by atomic mass is 10.1. The van der Waals surface area contributed by atoms with Crippen molar-refractivity contribution >= 4 is 17.5 Å². The van der Waals surface area contributed by atoms with Gasteiger partial charge in [-0.2, -0.15) is 5.10 Å². The zero-order valence-electron chi connectivity index (χ0n) is 19.8. The number of aryl methyl sites for hydroxylation is 2. The summed E-state index contributed by atoms with van der Waals surface area (Å²) in [5.74, 6) is -0.458. The Bertz CT molecular complexity index is 1200. The van der Waals surface area contributed by atoms with E-state index in [-0.39, 0.29) is 24.2 Å². The Morgan fingerprint density at radius 1 is 1.06 bits per heavy atom. The molecule has 5 rings (SSSR count). The molecule has 1 N–H and O–H groups in total. The van der Waals surface area contributed by atoms with Crippen LogP contribution in [0.4, 0.5) is 5.69 Å². The van der Waals surface area contributed by atoms with Gasteiger partial charge in [-0.1, -0.05) is 18.9 Å². The third-order valence-corrected chi connectivity index (χ3v) is 7.17. The van der Waals surface area contributed by atoms with Gasteiger partial charge < -0.3 is 10.2 Å². The molecule has 34 heavy (non-hydrogen) atoms. The standard InChI is InChI=1S/C27H31N5O2/c1-18-7-8-24(13-19(18)2)31-17-21(14-26(31)33)27(34)29-16-22-15-25(20-9-11-28-12-10-20)32(30-22)23-5-3-4-6-23/h7-13,15,21,23H,3-6,14,16-17H2,1-2H3,(H,29,34). The Morgan fingerprint density at radius 3 is 2.56 bits per heavy atom. The largest absolute Gasteiger partial charge is 0.350 e. The summed E-state index contributed by atoms with van der Waals surface area (Å²) in [6.07, 6.45) is 8.52. The van der Waals surface area contributed by atoms with Crippen LogP contribution in [-0.4, -0.2) is 33.1 Å². The molecule has 1 aromatic carbocycles. The number of pyridine rings is 1. The number of carbonyl (C=O) groups is 2. The van der Waals surface area contributed by atoms with Gasteiger partial charge in [-0.05, 0) is 68.1 Å². The molecule has 2 aliphatic rings. The minimum absolute atomic E-state index is 0.00566. The Balaban J connectivity index is 1.27. The van der Waals surface area contributed by atoms with E-state index in [1.54, 1.807) is 17.3 Å². The van der Waals surface area contributed by atoms with Crippen molar-refractivity contribution in [3.05, 3.63) is 65.6 Å². The van der Waals surface area contributed by atoms with Crippen LogP contribution in [0, 0.1) is 19.8 Å². The molecule has 176 valence electrons. The van der Waals surface area contributed by atoms with E-state index in [4.69, 9.17) is 5.10 Å². The fourth-order valence-electron chi connectivity index (χ4n) is 5.05. The van der Waals surface area contributed by atoms with Gasteiger partial charge in [0.15, 0.2) is 0 Å². The van der Waals surface area contributed by atoms with Gasteiger partial charge in [0.1, 0.15) is 0 Å². The molecule has 1 saturated heterocycles. The normalized spacial score (nSPS) is 18.6. The first-order chi connectivity index (χ1) is 16.5. The highest BCUT2D eigenvalue weighted by Crippen LogP contribution is 2.33. The number of hydrogen-bond donors (Lipinski definition) is 1. The van der Waals surface area contributed by atoms with Crippen molar-refractivity contribution in [2.24, 2.45) is 5.92 Å². The van der Waals surface area contributed by atoms with E-state index in [0.29, 0.717) is 19.1 Å². The summed E-state index contributed by atoms with van der Waals surface area (Å²) in [7, 11) is 0. The molecular formula is C27H31N5O2. The van der Waals surface area contributed by atoms with Crippen LogP contribution in [-0.2, 0) is 16.1 Å². The summed E-state index contributed by atoms with van der Waals surface area (Å²) in [4.78, 5) is 31.4. The third-order valence-electron chi connectivity index (χ3n) is 7.17. The first-order valence-corrected chi connectivity index (χ1v) is 12.1. The predicted octanol–water partition coefficient (Wildman–Crippen LogP) is 4.35. The van der Waals surface area contributed by atoms with Crippen molar-refractivity contribution in [1.82, 2.24) is 20.1 Å². The summed E-state index contributed by atoms with van der Waals surface area (Å²) < 4.78 is 2.13. The van der Waals surface area contributed by atoms with E-state index < -0.39 is 0 Å². The molecule has 0 radical (unpaired) electrons. The number of anilines is 1. The Morgan fingerprint density at radius 2 is 1.82 bits per heavy atom. The van der Waals surface area contributed by atoms with Gasteiger partial charge in [0.2, 0.25) is 11.8 Å². The van der Waals surface area contributed by atoms with E-state index in [0.717, 1.165) is 41.0 Å². The monoisotopic (exact) mass is 457 g/mol. The van der Waals surface area contributed by atoms with E-state index in [2.05, 4.69) is 28.0 Å². The molecule has 0 bridgehead atoms. The van der Waals surface area contributed by atoms with Crippen LogP contribution in [0.2, 0.25) is 0 Å². The van der Waals surface area contributed by atoms with Gasteiger partial charge in [-0.15, -0.1) is 0 Å². The lowest BCUT2D eigenvalue weighted by Gasteiger charge is -2.18. The zero-order chi connectivity index (χ0) is 23.7. The van der Waals surface area contributed by atoms with Crippen LogP contribution in [0.15, 0.2) is 48.8 Å². The number of amides is 2. The minimum atomic E-state index is -0.356. The average molecular weight is 458 g/mol. The second-order valence-electron chi connectivity index (χ2n) is 9.53. The van der Waals surface area contributed by atoms with Crippen molar-refractivity contribution in [1.29, 1.82) is 0 Å². The van der Waals surface area contributed by atoms with Crippen LogP contribution >= 0.6 is 0 Å². The van der Waals surface area contributed by atoms with Crippen LogP contribution in [0.3, 0.4) is 0 Å². The number of rotatable bonds is 6. The number of aromatic nitrogens is 3. The summed E-state index contributed by atoms with van der Waals surface area (Å²) >= 11 is 0.